The predicted octanol–water partition coefficient (Wildman–Crippen LogP) is 8.49. The first-order valence-electron chi connectivity index (χ1n) is 25.3. The number of carbonyl (C=O) groups excluding carboxylic acids is 2. The molecule has 0 bridgehead atoms. The van der Waals surface area contributed by atoms with Crippen molar-refractivity contribution >= 4 is 31.8 Å². The third-order valence-corrected chi connectivity index (χ3v) is 14.0. The number of hydrogen-bond acceptors (Lipinski definition) is 12. The maximum Gasteiger partial charge on any atom is 1.00 e. The number of carbonyl (C=O) groups is 2. The molecule has 2 N–H and O–H groups in total. The summed E-state index contributed by atoms with van der Waals surface area (Å²) in [6.07, 6.45) is 10.7. The van der Waals surface area contributed by atoms with Gasteiger partial charge in [-0.05, 0) is 177 Å². The summed E-state index contributed by atoms with van der Waals surface area (Å²) in [6, 6.07) is 53.7. The minimum absolute atomic E-state index is 0. The molecule has 0 heterocycles. The summed E-state index contributed by atoms with van der Waals surface area (Å²) >= 11 is 0. The van der Waals surface area contributed by atoms with Crippen molar-refractivity contribution in [1.82, 2.24) is 0 Å². The molecule has 0 unspecified atom stereocenters. The van der Waals surface area contributed by atoms with Crippen molar-refractivity contribution in [2.45, 2.75) is 23.6 Å². The van der Waals surface area contributed by atoms with Gasteiger partial charge in [-0.3, -0.25) is 9.59 Å². The minimum atomic E-state index is -4.93. The third-order valence-electron chi connectivity index (χ3n) is 12.3. The van der Waals surface area contributed by atoms with E-state index >= 15 is 0 Å². The Bertz CT molecular complexity index is 4360. The van der Waals surface area contributed by atoms with Gasteiger partial charge in [-0.25, -0.2) is 34.4 Å². The summed E-state index contributed by atoms with van der Waals surface area (Å²) in [5, 5.41) is 17.7. The van der Waals surface area contributed by atoms with Crippen LogP contribution in [0.2, 0.25) is 0 Å². The number of hydrogen-bond donors (Lipinski definition) is 2. The molecule has 0 aliphatic carbocycles. The van der Waals surface area contributed by atoms with E-state index in [4.69, 9.17) is 32.5 Å². The molecule has 0 aromatic heterocycles. The monoisotopic (exact) mass is 1270 g/mol. The molecular weight excluding hydrogens is 1230 g/mol. The van der Waals surface area contributed by atoms with Crippen LogP contribution in [0.15, 0.2) is 228 Å². The number of aromatic hydroxyl groups is 2. The molecule has 0 aliphatic heterocycles. The summed E-state index contributed by atoms with van der Waals surface area (Å²) in [4.78, 5) is 23.2. The molecule has 12 nitrogen and oxygen atoms in total. The van der Waals surface area contributed by atoms with Crippen LogP contribution in [0.5, 0.6) is 34.5 Å². The molecule has 0 fully saturated rings. The van der Waals surface area contributed by atoms with E-state index in [0.29, 0.717) is 45.2 Å². The Morgan fingerprint density at radius 1 is 0.432 bits per heavy atom. The summed E-state index contributed by atoms with van der Waals surface area (Å²) in [6.45, 7) is 3.89. The van der Waals surface area contributed by atoms with Gasteiger partial charge in [0, 0.05) is 56.6 Å². The zero-order valence-corrected chi connectivity index (χ0v) is 55.1. The van der Waals surface area contributed by atoms with E-state index in [0.717, 1.165) is 58.1 Å². The van der Waals surface area contributed by atoms with E-state index in [1.54, 1.807) is 54.6 Å². The molecule has 0 saturated heterocycles. The number of ether oxygens (including phenoxy) is 2. The van der Waals surface area contributed by atoms with Crippen LogP contribution in [0.3, 0.4) is 0 Å². The van der Waals surface area contributed by atoms with Crippen molar-refractivity contribution in [2.24, 2.45) is 0 Å². The van der Waals surface area contributed by atoms with Crippen LogP contribution in [0.4, 0.5) is 17.6 Å². The fourth-order valence-electron chi connectivity index (χ4n) is 7.87. The van der Waals surface area contributed by atoms with Crippen molar-refractivity contribution in [3.05, 3.63) is 286 Å². The van der Waals surface area contributed by atoms with Crippen LogP contribution in [-0.2, 0) is 20.2 Å². The fourth-order valence-corrected chi connectivity index (χ4v) is 9.08. The molecule has 10 aromatic carbocycles. The van der Waals surface area contributed by atoms with E-state index < -0.39 is 59.0 Å². The maximum atomic E-state index is 13.4. The standard InChI is InChI=1S/C35H26O6S.C14H8F2.C13H8F2O.C6H6O5S.2K/c1-4-25-8-12-26(13-9-25)31-21-24(3)7-19-32(31)41-30-18-20-33(34(22-30)42(37,38)39)40-29-16-14-28(15-17-29)35(36)27-10-5-23(2)6-11-27;1-2-10-3-5-11(6-4-10)13-9-12(15)7-8-14(13)16;14-11-5-1-9(2-6-11)13(16)10-3-7-12(15)8-4-10;7-4-1-2-5(8)6(3-4)12(9,10)11;;/h1,5-22H,2-3H3,(H,37,38,39);1,3-9H;1-8H;1-3,7-8H,(H,9,10,11);;/q;;;;2*+1/p-2. The van der Waals surface area contributed by atoms with E-state index in [-0.39, 0.29) is 143 Å². The number of halogens is 4. The first-order valence-corrected chi connectivity index (χ1v) is 28.1. The number of phenolic OH excluding ortho intramolecular Hbond substituents is 2. The Morgan fingerprint density at radius 3 is 1.31 bits per heavy atom. The van der Waals surface area contributed by atoms with Gasteiger partial charge in [-0.1, -0.05) is 77.6 Å². The van der Waals surface area contributed by atoms with Gasteiger partial charge in [0.2, 0.25) is 0 Å². The normalized spacial score (nSPS) is 10.4. The van der Waals surface area contributed by atoms with Crippen LogP contribution >= 0.6 is 0 Å². The second kappa shape index (κ2) is 32.8. The Labute approximate surface area is 591 Å². The largest absolute Gasteiger partial charge is 1.00 e. The van der Waals surface area contributed by atoms with Crippen LogP contribution < -0.4 is 112 Å². The second-order valence-electron chi connectivity index (χ2n) is 18.5. The van der Waals surface area contributed by atoms with Crippen LogP contribution in [-0.4, -0.2) is 47.7 Å². The number of aryl methyl sites for hydroxylation is 2. The van der Waals surface area contributed by atoms with Crippen molar-refractivity contribution in [3.63, 3.8) is 0 Å². The first-order chi connectivity index (χ1) is 40.9. The number of benzene rings is 10. The first kappa shape index (κ1) is 71.4. The van der Waals surface area contributed by atoms with Gasteiger partial charge in [0.1, 0.15) is 82.9 Å². The van der Waals surface area contributed by atoms with E-state index in [9.17, 15) is 53.1 Å². The SMILES string of the molecule is C#Cc1ccc(-c2cc(C)ccc2Oc2ccc(Oc3ccc(C(=O)c4ccc(C)cc4)cc3)c(S(=O)(=O)[O-])c2)cc1.C#Cc1ccc(-c2cc(F)ccc2F)cc1.O=C(c1ccc(F)cc1)c1ccc(F)cc1.O=S(=O)([O-])c1cc(O)ccc1O.[K+].[K+]. The van der Waals surface area contributed by atoms with Gasteiger partial charge in [0.25, 0.3) is 0 Å². The average molecular weight is 1270 g/mol. The number of ketones is 2. The molecule has 0 aliphatic rings. The zero-order chi connectivity index (χ0) is 62.3. The third kappa shape index (κ3) is 20.4. The second-order valence-corrected chi connectivity index (χ2v) is 21.2. The summed E-state index contributed by atoms with van der Waals surface area (Å²) in [5.74, 6) is 2.59. The summed E-state index contributed by atoms with van der Waals surface area (Å²) in [7, 11) is -9.65. The van der Waals surface area contributed by atoms with E-state index in [2.05, 4.69) is 11.8 Å². The fraction of sp³-hybridized carbons (Fsp3) is 0.0294. The molecule has 0 radical (unpaired) electrons. The van der Waals surface area contributed by atoms with Gasteiger partial charge in [-0.15, -0.1) is 12.8 Å². The van der Waals surface area contributed by atoms with Crippen molar-refractivity contribution in [3.8, 4) is 81.4 Å². The van der Waals surface area contributed by atoms with Gasteiger partial charge in [-0.2, -0.15) is 0 Å². The van der Waals surface area contributed by atoms with Gasteiger partial charge >= 0.3 is 103 Å². The Hall–Kier alpha value is -7.33. The van der Waals surface area contributed by atoms with Crippen LogP contribution in [0.25, 0.3) is 22.3 Å². The van der Waals surface area contributed by atoms with E-state index in [1.165, 1.54) is 78.9 Å². The summed E-state index contributed by atoms with van der Waals surface area (Å²) < 4.78 is 131. The predicted molar refractivity (Wildman–Crippen MR) is 314 cm³/mol. The van der Waals surface area contributed by atoms with Crippen molar-refractivity contribution in [2.75, 3.05) is 0 Å². The van der Waals surface area contributed by atoms with Crippen molar-refractivity contribution in [1.29, 1.82) is 0 Å². The Balaban J connectivity index is 0.000000250. The molecule has 0 spiro atoms. The van der Waals surface area contributed by atoms with Gasteiger partial charge in [0.05, 0.1) is 4.90 Å². The minimum Gasteiger partial charge on any atom is -0.744 e. The maximum absolute atomic E-state index is 13.4. The number of rotatable bonds is 12. The van der Waals surface area contributed by atoms with Crippen LogP contribution in [0.1, 0.15) is 54.1 Å². The summed E-state index contributed by atoms with van der Waals surface area (Å²) in [5.41, 5.74) is 7.71. The van der Waals surface area contributed by atoms with E-state index in [1.807, 2.05) is 62.4 Å². The Kier molecular flexibility index (Phi) is 26.6. The molecule has 432 valence electrons. The molecule has 20 heteroatoms. The topological polar surface area (TPSA) is 207 Å². The van der Waals surface area contributed by atoms with Gasteiger partial charge in [0.15, 0.2) is 11.6 Å². The van der Waals surface area contributed by atoms with Crippen LogP contribution in [0, 0.1) is 61.8 Å². The zero-order valence-electron chi connectivity index (χ0n) is 47.2. The smallest absolute Gasteiger partial charge is 0.744 e. The quantitative estimate of drug-likeness (QED) is 0.0295. The molecule has 0 saturated carbocycles. The Morgan fingerprint density at radius 2 is 0.841 bits per heavy atom. The molecule has 88 heavy (non-hydrogen) atoms. The number of terminal acetylenes is 2. The molecule has 0 amide bonds. The number of phenols is 2. The van der Waals surface area contributed by atoms with Gasteiger partial charge < -0.3 is 28.8 Å². The molecule has 10 aromatic rings. The van der Waals surface area contributed by atoms with Crippen molar-refractivity contribution < 1.29 is 176 Å². The molecular formula is C68H46F4K2O12S2. The molecule has 0 atom stereocenters. The molecule has 10 rings (SSSR count). The average Bonchev–Trinajstić information content (AvgIpc) is 3.34.